The second-order valence-electron chi connectivity index (χ2n) is 6.52. The van der Waals surface area contributed by atoms with E-state index in [1.54, 1.807) is 6.07 Å². The van der Waals surface area contributed by atoms with Crippen LogP contribution in [0.2, 0.25) is 0 Å². The van der Waals surface area contributed by atoms with Gasteiger partial charge in [-0.25, -0.2) is 4.39 Å². The standard InChI is InChI=1S/C21H17FN2O2/c1-13-9-10-20(25-13)17-12-18-16-7-2-3-8-19(16)26-21(24(18)23-17)14-5-4-6-15(22)11-14/h2-12,18,21,23H,1H3. The van der Waals surface area contributed by atoms with E-state index in [0.717, 1.165) is 34.1 Å². The van der Waals surface area contributed by atoms with E-state index in [4.69, 9.17) is 9.15 Å². The Labute approximate surface area is 150 Å². The van der Waals surface area contributed by atoms with Gasteiger partial charge in [0.15, 0.2) is 12.0 Å². The van der Waals surface area contributed by atoms with Crippen LogP contribution < -0.4 is 10.2 Å². The van der Waals surface area contributed by atoms with Gasteiger partial charge in [0.05, 0.1) is 11.7 Å². The predicted molar refractivity (Wildman–Crippen MR) is 95.3 cm³/mol. The van der Waals surface area contributed by atoms with Crippen LogP contribution in [-0.4, -0.2) is 5.01 Å². The predicted octanol–water partition coefficient (Wildman–Crippen LogP) is 4.72. The zero-order chi connectivity index (χ0) is 17.7. The number of para-hydroxylation sites is 1. The number of fused-ring (bicyclic) bond motifs is 3. The molecule has 26 heavy (non-hydrogen) atoms. The van der Waals surface area contributed by atoms with Gasteiger partial charge >= 0.3 is 0 Å². The summed E-state index contributed by atoms with van der Waals surface area (Å²) in [5.41, 5.74) is 6.08. The third-order valence-corrected chi connectivity index (χ3v) is 4.74. The van der Waals surface area contributed by atoms with Crippen molar-refractivity contribution in [2.24, 2.45) is 0 Å². The summed E-state index contributed by atoms with van der Waals surface area (Å²) in [7, 11) is 0. The molecule has 1 aromatic heterocycles. The summed E-state index contributed by atoms with van der Waals surface area (Å²) in [6.07, 6.45) is 1.67. The number of nitrogens with one attached hydrogen (secondary N) is 1. The maximum Gasteiger partial charge on any atom is 0.196 e. The fourth-order valence-electron chi connectivity index (χ4n) is 3.54. The Balaban J connectivity index is 1.60. The van der Waals surface area contributed by atoms with E-state index in [-0.39, 0.29) is 11.9 Å². The third-order valence-electron chi connectivity index (χ3n) is 4.74. The highest BCUT2D eigenvalue weighted by molar-refractivity contribution is 5.64. The maximum absolute atomic E-state index is 13.8. The highest BCUT2D eigenvalue weighted by atomic mass is 19.1. The summed E-state index contributed by atoms with van der Waals surface area (Å²) in [6.45, 7) is 1.92. The molecule has 2 unspecified atom stereocenters. The number of ether oxygens (including phenoxy) is 1. The Bertz CT molecular complexity index is 1010. The number of hydrogen-bond acceptors (Lipinski definition) is 4. The molecule has 0 saturated carbocycles. The fourth-order valence-corrected chi connectivity index (χ4v) is 3.54. The van der Waals surface area contributed by atoms with E-state index < -0.39 is 6.23 Å². The minimum Gasteiger partial charge on any atom is -0.469 e. The largest absolute Gasteiger partial charge is 0.469 e. The first-order valence-corrected chi connectivity index (χ1v) is 8.54. The van der Waals surface area contributed by atoms with Crippen molar-refractivity contribution in [2.45, 2.75) is 19.2 Å². The van der Waals surface area contributed by atoms with Gasteiger partial charge in [-0.2, -0.15) is 5.01 Å². The Morgan fingerprint density at radius 1 is 1.04 bits per heavy atom. The second kappa shape index (κ2) is 5.75. The number of halogens is 1. The van der Waals surface area contributed by atoms with Crippen LogP contribution in [0.3, 0.4) is 0 Å². The van der Waals surface area contributed by atoms with Gasteiger partial charge in [-0.3, -0.25) is 0 Å². The van der Waals surface area contributed by atoms with Gasteiger partial charge in [0, 0.05) is 11.1 Å². The van der Waals surface area contributed by atoms with Crippen molar-refractivity contribution in [1.29, 1.82) is 0 Å². The van der Waals surface area contributed by atoms with Gasteiger partial charge in [0.1, 0.15) is 17.3 Å². The van der Waals surface area contributed by atoms with E-state index in [1.807, 2.05) is 54.4 Å². The van der Waals surface area contributed by atoms with Crippen molar-refractivity contribution in [3.63, 3.8) is 0 Å². The zero-order valence-electron chi connectivity index (χ0n) is 14.1. The van der Waals surface area contributed by atoms with Crippen LogP contribution in [0, 0.1) is 12.7 Å². The van der Waals surface area contributed by atoms with Crippen molar-refractivity contribution < 1.29 is 13.5 Å². The molecule has 0 fully saturated rings. The quantitative estimate of drug-likeness (QED) is 0.727. The SMILES string of the molecule is Cc1ccc(C2=CC3c4ccccc4OC(c4cccc(F)c4)N3N2)o1. The fraction of sp³-hybridized carbons (Fsp3) is 0.143. The van der Waals surface area contributed by atoms with Crippen molar-refractivity contribution in [3.05, 3.63) is 95.2 Å². The topological polar surface area (TPSA) is 37.6 Å². The van der Waals surface area contributed by atoms with Gasteiger partial charge in [-0.15, -0.1) is 0 Å². The van der Waals surface area contributed by atoms with Gasteiger partial charge in [0.25, 0.3) is 0 Å². The third kappa shape index (κ3) is 2.40. The molecule has 0 amide bonds. The molecule has 3 heterocycles. The smallest absolute Gasteiger partial charge is 0.196 e. The number of rotatable bonds is 2. The average Bonchev–Trinajstić information content (AvgIpc) is 3.27. The van der Waals surface area contributed by atoms with Crippen LogP contribution in [0.4, 0.5) is 4.39 Å². The highest BCUT2D eigenvalue weighted by Crippen LogP contribution is 2.45. The van der Waals surface area contributed by atoms with Crippen LogP contribution in [-0.2, 0) is 0 Å². The molecular formula is C21H17FN2O2. The first kappa shape index (κ1) is 15.2. The van der Waals surface area contributed by atoms with Crippen molar-refractivity contribution in [2.75, 3.05) is 0 Å². The molecular weight excluding hydrogens is 331 g/mol. The minimum absolute atomic E-state index is 0.0337. The minimum atomic E-state index is -0.449. The monoisotopic (exact) mass is 348 g/mol. The van der Waals surface area contributed by atoms with Gasteiger partial charge in [-0.05, 0) is 43.3 Å². The normalized spacial score (nSPS) is 21.4. The summed E-state index contributed by atoms with van der Waals surface area (Å²) in [4.78, 5) is 0. The lowest BCUT2D eigenvalue weighted by Crippen LogP contribution is -2.43. The van der Waals surface area contributed by atoms with Gasteiger partial charge < -0.3 is 14.6 Å². The van der Waals surface area contributed by atoms with Crippen molar-refractivity contribution in [1.82, 2.24) is 10.4 Å². The van der Waals surface area contributed by atoms with Crippen LogP contribution in [0.5, 0.6) is 5.75 Å². The summed E-state index contributed by atoms with van der Waals surface area (Å²) in [5.74, 6) is 2.15. The molecule has 5 heteroatoms. The van der Waals surface area contributed by atoms with Crippen LogP contribution in [0.25, 0.3) is 5.70 Å². The van der Waals surface area contributed by atoms with Crippen molar-refractivity contribution >= 4 is 5.70 Å². The first-order chi connectivity index (χ1) is 12.7. The van der Waals surface area contributed by atoms with Crippen molar-refractivity contribution in [3.8, 4) is 5.75 Å². The molecule has 130 valence electrons. The summed E-state index contributed by atoms with van der Waals surface area (Å²) >= 11 is 0. The van der Waals surface area contributed by atoms with E-state index in [0.29, 0.717) is 0 Å². The lowest BCUT2D eigenvalue weighted by atomic mass is 10.0. The number of furan rings is 1. The number of aryl methyl sites for hydroxylation is 1. The Kier molecular flexibility index (Phi) is 3.36. The summed E-state index contributed by atoms with van der Waals surface area (Å²) < 4.78 is 25.8. The average molecular weight is 348 g/mol. The number of nitrogens with zero attached hydrogens (tertiary/aromatic N) is 1. The molecule has 1 N–H and O–H groups in total. The lowest BCUT2D eigenvalue weighted by Gasteiger charge is -2.38. The van der Waals surface area contributed by atoms with E-state index >= 15 is 0 Å². The second-order valence-corrected chi connectivity index (χ2v) is 6.52. The molecule has 2 aromatic carbocycles. The van der Waals surface area contributed by atoms with Crippen LogP contribution >= 0.6 is 0 Å². The molecule has 2 aliphatic rings. The van der Waals surface area contributed by atoms with Crippen LogP contribution in [0.15, 0.2) is 71.2 Å². The molecule has 4 nitrogen and oxygen atoms in total. The van der Waals surface area contributed by atoms with Crippen LogP contribution in [0.1, 0.15) is 34.9 Å². The Morgan fingerprint density at radius 2 is 1.92 bits per heavy atom. The Morgan fingerprint density at radius 3 is 2.73 bits per heavy atom. The van der Waals surface area contributed by atoms with Gasteiger partial charge in [0.2, 0.25) is 0 Å². The molecule has 0 bridgehead atoms. The van der Waals surface area contributed by atoms with Gasteiger partial charge in [-0.1, -0.05) is 30.3 Å². The lowest BCUT2D eigenvalue weighted by molar-refractivity contribution is -0.0329. The molecule has 0 saturated heterocycles. The number of benzene rings is 2. The molecule has 2 atom stereocenters. The molecule has 0 aliphatic carbocycles. The highest BCUT2D eigenvalue weighted by Gasteiger charge is 2.40. The first-order valence-electron chi connectivity index (χ1n) is 8.54. The summed E-state index contributed by atoms with van der Waals surface area (Å²) in [5, 5.41) is 1.99. The molecule has 0 spiro atoms. The number of hydrogen-bond donors (Lipinski definition) is 1. The van der Waals surface area contributed by atoms with E-state index in [1.165, 1.54) is 12.1 Å². The molecule has 5 rings (SSSR count). The zero-order valence-corrected chi connectivity index (χ0v) is 14.1. The van der Waals surface area contributed by atoms with E-state index in [9.17, 15) is 4.39 Å². The molecule has 0 radical (unpaired) electrons. The Hall–Kier alpha value is -3.05. The van der Waals surface area contributed by atoms with E-state index in [2.05, 4.69) is 11.5 Å². The summed E-state index contributed by atoms with van der Waals surface area (Å²) in [6, 6.07) is 18.3. The molecule has 2 aliphatic heterocycles. The maximum atomic E-state index is 13.8. The number of hydrazine groups is 1. The molecule has 3 aromatic rings.